The van der Waals surface area contributed by atoms with Gasteiger partial charge in [0.2, 0.25) is 0 Å². The summed E-state index contributed by atoms with van der Waals surface area (Å²) in [5.41, 5.74) is 0.875. The van der Waals surface area contributed by atoms with Crippen LogP contribution in [0.2, 0.25) is 0 Å². The van der Waals surface area contributed by atoms with Crippen molar-refractivity contribution in [3.63, 3.8) is 0 Å². The van der Waals surface area contributed by atoms with Crippen molar-refractivity contribution in [3.05, 3.63) is 23.8 Å². The van der Waals surface area contributed by atoms with Crippen LogP contribution in [0.3, 0.4) is 0 Å². The summed E-state index contributed by atoms with van der Waals surface area (Å²) in [4.78, 5) is 24.0. The first-order valence-electron chi connectivity index (χ1n) is 9.41. The number of ketones is 2. The normalized spacial score (nSPS) is 49.9. The second kappa shape index (κ2) is 5.14. The average Bonchev–Trinajstić information content (AvgIpc) is 2.88. The van der Waals surface area contributed by atoms with Crippen molar-refractivity contribution < 1.29 is 14.7 Å². The minimum Gasteiger partial charge on any atom is -0.393 e. The van der Waals surface area contributed by atoms with Gasteiger partial charge in [0.25, 0.3) is 0 Å². The standard InChI is InChI=1S/C21H28O3/c1-12(22)16-6-7-17-15-5-4-13-10-14(23)8-9-20(13,2)18(15)11-19(24)21(16,17)3/h8-10,15-19,24H,4-7,11H2,1-3H3/t15-,16+,17-,18-,19?,20-,21+/m0/s1. The molecule has 4 aliphatic carbocycles. The molecule has 0 saturated heterocycles. The Morgan fingerprint density at radius 2 is 1.96 bits per heavy atom. The van der Waals surface area contributed by atoms with Crippen LogP contribution in [0.25, 0.3) is 0 Å². The van der Waals surface area contributed by atoms with E-state index in [-0.39, 0.29) is 28.3 Å². The molecule has 0 aromatic rings. The Hall–Kier alpha value is -1.22. The summed E-state index contributed by atoms with van der Waals surface area (Å²) in [7, 11) is 0. The molecule has 130 valence electrons. The molecule has 4 aliphatic rings. The molecule has 0 aromatic carbocycles. The zero-order chi connectivity index (χ0) is 17.3. The van der Waals surface area contributed by atoms with E-state index < -0.39 is 6.10 Å². The van der Waals surface area contributed by atoms with E-state index in [4.69, 9.17) is 0 Å². The smallest absolute Gasteiger partial charge is 0.178 e. The van der Waals surface area contributed by atoms with Gasteiger partial charge in [-0.05, 0) is 68.9 Å². The highest BCUT2D eigenvalue weighted by Gasteiger charge is 2.62. The fraction of sp³-hybridized carbons (Fsp3) is 0.714. The first-order chi connectivity index (χ1) is 11.3. The van der Waals surface area contributed by atoms with Gasteiger partial charge < -0.3 is 5.11 Å². The van der Waals surface area contributed by atoms with Crippen molar-refractivity contribution in [1.82, 2.24) is 0 Å². The molecular formula is C21H28O3. The molecular weight excluding hydrogens is 300 g/mol. The third-order valence-electron chi connectivity index (χ3n) is 8.16. The van der Waals surface area contributed by atoms with E-state index in [1.165, 1.54) is 5.57 Å². The topological polar surface area (TPSA) is 54.4 Å². The second-order valence-corrected chi connectivity index (χ2v) is 8.96. The monoisotopic (exact) mass is 328 g/mol. The fourth-order valence-corrected chi connectivity index (χ4v) is 6.83. The lowest BCUT2D eigenvalue weighted by Gasteiger charge is -2.58. The van der Waals surface area contributed by atoms with Gasteiger partial charge in [-0.2, -0.15) is 0 Å². The molecule has 7 atom stereocenters. The fourth-order valence-electron chi connectivity index (χ4n) is 6.83. The lowest BCUT2D eigenvalue weighted by Crippen LogP contribution is -2.56. The summed E-state index contributed by atoms with van der Waals surface area (Å²) in [6.07, 6.45) is 9.97. The van der Waals surface area contributed by atoms with Crippen LogP contribution >= 0.6 is 0 Å². The number of fused-ring (bicyclic) bond motifs is 5. The molecule has 24 heavy (non-hydrogen) atoms. The molecule has 1 unspecified atom stereocenters. The number of allylic oxidation sites excluding steroid dienone is 4. The predicted molar refractivity (Wildman–Crippen MR) is 92.2 cm³/mol. The maximum atomic E-state index is 12.2. The Morgan fingerprint density at radius 3 is 2.67 bits per heavy atom. The van der Waals surface area contributed by atoms with Gasteiger partial charge in [-0.25, -0.2) is 0 Å². The minimum atomic E-state index is -0.428. The number of hydrogen-bond acceptors (Lipinski definition) is 3. The number of carbonyl (C=O) groups excluding carboxylic acids is 2. The molecule has 0 heterocycles. The van der Waals surface area contributed by atoms with Gasteiger partial charge in [-0.1, -0.05) is 25.5 Å². The van der Waals surface area contributed by atoms with Gasteiger partial charge in [-0.15, -0.1) is 0 Å². The molecule has 0 spiro atoms. The molecule has 0 bridgehead atoms. The van der Waals surface area contributed by atoms with E-state index in [0.29, 0.717) is 17.8 Å². The minimum absolute atomic E-state index is 0.00618. The zero-order valence-electron chi connectivity index (χ0n) is 14.9. The second-order valence-electron chi connectivity index (χ2n) is 8.96. The highest BCUT2D eigenvalue weighted by molar-refractivity contribution is 6.01. The molecule has 3 nitrogen and oxygen atoms in total. The van der Waals surface area contributed by atoms with E-state index in [0.717, 1.165) is 32.1 Å². The highest BCUT2D eigenvalue weighted by atomic mass is 16.3. The SMILES string of the molecule is CC(=O)[C@H]1CC[C@H]2[C@@H]3CCC4=CC(=O)C=C[C@]4(C)[C@H]3CC(O)[C@]12C. The molecule has 0 amide bonds. The maximum absolute atomic E-state index is 12.2. The number of carbonyl (C=O) groups is 2. The van der Waals surface area contributed by atoms with Gasteiger partial charge in [0.05, 0.1) is 6.10 Å². The van der Waals surface area contributed by atoms with Gasteiger partial charge in [0.1, 0.15) is 5.78 Å². The summed E-state index contributed by atoms with van der Waals surface area (Å²) in [5.74, 6) is 1.68. The molecule has 0 aromatic heterocycles. The van der Waals surface area contributed by atoms with Gasteiger partial charge in [0, 0.05) is 16.7 Å². The zero-order valence-corrected chi connectivity index (χ0v) is 14.9. The van der Waals surface area contributed by atoms with Gasteiger partial charge >= 0.3 is 0 Å². The summed E-state index contributed by atoms with van der Waals surface area (Å²) in [6, 6.07) is 0. The van der Waals surface area contributed by atoms with Crippen molar-refractivity contribution in [2.45, 2.75) is 59.0 Å². The van der Waals surface area contributed by atoms with Crippen LogP contribution in [0.4, 0.5) is 0 Å². The molecule has 0 aliphatic heterocycles. The lowest BCUT2D eigenvalue weighted by molar-refractivity contribution is -0.144. The predicted octanol–water partition coefficient (Wildman–Crippen LogP) is 3.47. The third-order valence-corrected chi connectivity index (χ3v) is 8.16. The molecule has 3 heteroatoms. The van der Waals surface area contributed by atoms with Crippen LogP contribution in [0.5, 0.6) is 0 Å². The highest BCUT2D eigenvalue weighted by Crippen LogP contribution is 2.65. The van der Waals surface area contributed by atoms with Crippen LogP contribution in [-0.2, 0) is 9.59 Å². The van der Waals surface area contributed by atoms with Crippen molar-refractivity contribution in [3.8, 4) is 0 Å². The van der Waals surface area contributed by atoms with E-state index in [9.17, 15) is 14.7 Å². The molecule has 3 fully saturated rings. The Balaban J connectivity index is 1.73. The van der Waals surface area contributed by atoms with Gasteiger partial charge in [0.15, 0.2) is 5.78 Å². The van der Waals surface area contributed by atoms with Crippen molar-refractivity contribution in [2.24, 2.45) is 34.5 Å². The van der Waals surface area contributed by atoms with Crippen molar-refractivity contribution in [2.75, 3.05) is 0 Å². The summed E-state index contributed by atoms with van der Waals surface area (Å²) in [6.45, 7) is 6.09. The number of hydrogen-bond donors (Lipinski definition) is 1. The van der Waals surface area contributed by atoms with E-state index in [1.807, 2.05) is 6.08 Å². The Morgan fingerprint density at radius 1 is 1.21 bits per heavy atom. The van der Waals surface area contributed by atoms with Crippen LogP contribution in [0.15, 0.2) is 23.8 Å². The molecule has 4 rings (SSSR count). The van der Waals surface area contributed by atoms with E-state index >= 15 is 0 Å². The average molecular weight is 328 g/mol. The molecule has 3 saturated carbocycles. The number of aliphatic hydroxyl groups is 1. The van der Waals surface area contributed by atoms with Crippen LogP contribution in [0, 0.1) is 34.5 Å². The largest absolute Gasteiger partial charge is 0.393 e. The van der Waals surface area contributed by atoms with E-state index in [2.05, 4.69) is 19.9 Å². The first kappa shape index (κ1) is 16.3. The van der Waals surface area contributed by atoms with Crippen LogP contribution in [-0.4, -0.2) is 22.8 Å². The Kier molecular flexibility index (Phi) is 3.48. The maximum Gasteiger partial charge on any atom is 0.178 e. The Bertz CT molecular complexity index is 660. The van der Waals surface area contributed by atoms with Crippen LogP contribution in [0.1, 0.15) is 52.9 Å². The Labute approximate surface area is 144 Å². The molecule has 0 radical (unpaired) electrons. The van der Waals surface area contributed by atoms with E-state index in [1.54, 1.807) is 13.0 Å². The number of rotatable bonds is 1. The lowest BCUT2D eigenvalue weighted by atomic mass is 9.47. The molecule has 1 N–H and O–H groups in total. The van der Waals surface area contributed by atoms with Crippen LogP contribution < -0.4 is 0 Å². The number of aliphatic hydroxyl groups excluding tert-OH is 1. The van der Waals surface area contributed by atoms with Crippen molar-refractivity contribution in [1.29, 1.82) is 0 Å². The summed E-state index contributed by atoms with van der Waals surface area (Å²) in [5, 5.41) is 11.1. The third kappa shape index (κ3) is 1.94. The quantitative estimate of drug-likeness (QED) is 0.802. The first-order valence-corrected chi connectivity index (χ1v) is 9.41. The van der Waals surface area contributed by atoms with Crippen molar-refractivity contribution >= 4 is 11.6 Å². The van der Waals surface area contributed by atoms with Gasteiger partial charge in [-0.3, -0.25) is 9.59 Å². The number of Topliss-reactive ketones (excluding diaryl/α,β-unsaturated/α-hetero) is 1. The summed E-state index contributed by atoms with van der Waals surface area (Å²) >= 11 is 0. The summed E-state index contributed by atoms with van der Waals surface area (Å²) < 4.78 is 0.